The quantitative estimate of drug-likeness (QED) is 0.789. The van der Waals surface area contributed by atoms with Crippen LogP contribution in [0.25, 0.3) is 0 Å². The van der Waals surface area contributed by atoms with Crippen molar-refractivity contribution in [2.75, 3.05) is 25.4 Å². The molecule has 3 aliphatic rings. The lowest BCUT2D eigenvalue weighted by Gasteiger charge is -2.45. The molecule has 0 aromatic heterocycles. The van der Waals surface area contributed by atoms with Crippen molar-refractivity contribution in [1.29, 1.82) is 0 Å². The molecule has 3 rings (SSSR count). The number of carbonyl (C=O) groups excluding carboxylic acids is 1. The molecule has 2 heterocycles. The first kappa shape index (κ1) is 12.8. The fourth-order valence-corrected chi connectivity index (χ4v) is 5.22. The molecule has 0 bridgehead atoms. The normalized spacial score (nSPS) is 31.8. The van der Waals surface area contributed by atoms with E-state index in [1.165, 1.54) is 32.1 Å². The average Bonchev–Trinajstić information content (AvgIpc) is 2.93. The van der Waals surface area contributed by atoms with Crippen LogP contribution in [0.4, 0.5) is 0 Å². The Bertz CT molecular complexity index is 303. The number of nitrogens with one attached hydrogen (secondary N) is 1. The predicted molar refractivity (Wildman–Crippen MR) is 75.9 cm³/mol. The highest BCUT2D eigenvalue weighted by atomic mass is 32.2. The van der Waals surface area contributed by atoms with Crippen LogP contribution in [0, 0.1) is 0 Å². The fourth-order valence-electron chi connectivity index (χ4n) is 3.65. The van der Waals surface area contributed by atoms with Crippen LogP contribution in [-0.4, -0.2) is 47.0 Å². The summed E-state index contributed by atoms with van der Waals surface area (Å²) in [4.78, 5) is 14.6. The van der Waals surface area contributed by atoms with E-state index in [4.69, 9.17) is 0 Å². The molecule has 1 amide bonds. The summed E-state index contributed by atoms with van der Waals surface area (Å²) in [5.41, 5.74) is 0. The van der Waals surface area contributed by atoms with Crippen LogP contribution < -0.4 is 5.32 Å². The summed E-state index contributed by atoms with van der Waals surface area (Å²) in [6, 6.07) is 0.119. The van der Waals surface area contributed by atoms with E-state index in [0.717, 1.165) is 38.2 Å². The highest BCUT2D eigenvalue weighted by Gasteiger charge is 2.40. The Morgan fingerprint density at radius 1 is 1.22 bits per heavy atom. The zero-order chi connectivity index (χ0) is 12.4. The van der Waals surface area contributed by atoms with Gasteiger partial charge in [-0.1, -0.05) is 19.3 Å². The Labute approximate surface area is 114 Å². The first-order valence-corrected chi connectivity index (χ1v) is 8.44. The van der Waals surface area contributed by atoms with Crippen molar-refractivity contribution in [3.8, 4) is 0 Å². The van der Waals surface area contributed by atoms with Gasteiger partial charge in [-0.15, -0.1) is 0 Å². The van der Waals surface area contributed by atoms with E-state index in [2.05, 4.69) is 22.0 Å². The van der Waals surface area contributed by atoms with Crippen LogP contribution in [0.5, 0.6) is 0 Å². The number of carbonyl (C=O) groups is 1. The van der Waals surface area contributed by atoms with Crippen LogP contribution in [0.1, 0.15) is 44.9 Å². The monoisotopic (exact) mass is 268 g/mol. The van der Waals surface area contributed by atoms with Gasteiger partial charge in [0.2, 0.25) is 5.91 Å². The maximum Gasteiger partial charge on any atom is 0.239 e. The molecule has 2 aliphatic heterocycles. The smallest absolute Gasteiger partial charge is 0.239 e. The number of hydrogen-bond acceptors (Lipinski definition) is 3. The zero-order valence-electron chi connectivity index (χ0n) is 11.1. The second-order valence-corrected chi connectivity index (χ2v) is 7.56. The van der Waals surface area contributed by atoms with Crippen LogP contribution in [0.15, 0.2) is 0 Å². The SMILES string of the molecule is O=C(C1CCCN1)N1CCSC2(CCCCC2)C1. The molecule has 0 aromatic carbocycles. The van der Waals surface area contributed by atoms with Gasteiger partial charge < -0.3 is 10.2 Å². The molecule has 102 valence electrons. The zero-order valence-corrected chi connectivity index (χ0v) is 11.9. The topological polar surface area (TPSA) is 32.3 Å². The molecule has 4 heteroatoms. The standard InChI is InChI=1S/C14H24N2OS/c17-13(12-5-4-8-15-12)16-9-10-18-14(11-16)6-2-1-3-7-14/h12,15H,1-11H2. The molecule has 3 nitrogen and oxygen atoms in total. The highest BCUT2D eigenvalue weighted by molar-refractivity contribution is 8.00. The van der Waals surface area contributed by atoms with Crippen molar-refractivity contribution < 1.29 is 4.79 Å². The number of rotatable bonds is 1. The van der Waals surface area contributed by atoms with Crippen molar-refractivity contribution in [2.24, 2.45) is 0 Å². The maximum atomic E-state index is 12.5. The minimum atomic E-state index is 0.119. The average molecular weight is 268 g/mol. The van der Waals surface area contributed by atoms with E-state index in [-0.39, 0.29) is 6.04 Å². The molecule has 2 saturated heterocycles. The Morgan fingerprint density at radius 2 is 2.06 bits per heavy atom. The largest absolute Gasteiger partial charge is 0.339 e. The van der Waals surface area contributed by atoms with Crippen LogP contribution in [0.3, 0.4) is 0 Å². The summed E-state index contributed by atoms with van der Waals surface area (Å²) < 4.78 is 0.408. The lowest BCUT2D eigenvalue weighted by Crippen LogP contribution is -2.53. The van der Waals surface area contributed by atoms with E-state index in [1.807, 2.05) is 0 Å². The third kappa shape index (κ3) is 2.55. The number of hydrogen-bond donors (Lipinski definition) is 1. The lowest BCUT2D eigenvalue weighted by atomic mass is 9.87. The van der Waals surface area contributed by atoms with Crippen molar-refractivity contribution in [3.05, 3.63) is 0 Å². The van der Waals surface area contributed by atoms with Crippen molar-refractivity contribution in [1.82, 2.24) is 10.2 Å². The van der Waals surface area contributed by atoms with Gasteiger partial charge in [-0.05, 0) is 32.2 Å². The molecule has 1 aliphatic carbocycles. The molecule has 1 spiro atoms. The Morgan fingerprint density at radius 3 is 2.78 bits per heavy atom. The maximum absolute atomic E-state index is 12.5. The van der Waals surface area contributed by atoms with Gasteiger partial charge in [0.25, 0.3) is 0 Å². The van der Waals surface area contributed by atoms with Crippen molar-refractivity contribution in [2.45, 2.75) is 55.7 Å². The van der Waals surface area contributed by atoms with E-state index < -0.39 is 0 Å². The van der Waals surface area contributed by atoms with E-state index in [9.17, 15) is 4.79 Å². The summed E-state index contributed by atoms with van der Waals surface area (Å²) in [6.07, 6.45) is 8.94. The van der Waals surface area contributed by atoms with Gasteiger partial charge in [0.1, 0.15) is 0 Å². The Kier molecular flexibility index (Phi) is 3.85. The van der Waals surface area contributed by atoms with Gasteiger partial charge >= 0.3 is 0 Å². The second kappa shape index (κ2) is 5.41. The molecule has 1 atom stereocenters. The third-order valence-corrected chi connectivity index (χ3v) is 6.22. The van der Waals surface area contributed by atoms with Crippen LogP contribution in [0.2, 0.25) is 0 Å². The molecule has 0 aromatic rings. The van der Waals surface area contributed by atoms with Crippen molar-refractivity contribution in [3.63, 3.8) is 0 Å². The Hall–Kier alpha value is -0.220. The van der Waals surface area contributed by atoms with Gasteiger partial charge in [-0.25, -0.2) is 0 Å². The molecule has 1 saturated carbocycles. The summed E-state index contributed by atoms with van der Waals surface area (Å²) in [5.74, 6) is 1.51. The molecule has 1 N–H and O–H groups in total. The summed E-state index contributed by atoms with van der Waals surface area (Å²) >= 11 is 2.14. The molecule has 1 unspecified atom stereocenters. The number of nitrogens with zero attached hydrogens (tertiary/aromatic N) is 1. The number of thioether (sulfide) groups is 1. The van der Waals surface area contributed by atoms with E-state index >= 15 is 0 Å². The van der Waals surface area contributed by atoms with Gasteiger partial charge in [-0.3, -0.25) is 4.79 Å². The first-order valence-electron chi connectivity index (χ1n) is 7.45. The Balaban J connectivity index is 1.64. The minimum absolute atomic E-state index is 0.119. The number of amides is 1. The van der Waals surface area contributed by atoms with Gasteiger partial charge in [0.15, 0.2) is 0 Å². The van der Waals surface area contributed by atoms with Crippen LogP contribution >= 0.6 is 11.8 Å². The van der Waals surface area contributed by atoms with Crippen molar-refractivity contribution >= 4 is 17.7 Å². The van der Waals surface area contributed by atoms with Gasteiger partial charge in [0, 0.05) is 23.6 Å². The highest BCUT2D eigenvalue weighted by Crippen LogP contribution is 2.42. The van der Waals surface area contributed by atoms with Gasteiger partial charge in [-0.2, -0.15) is 11.8 Å². The fraction of sp³-hybridized carbons (Fsp3) is 0.929. The molecule has 3 fully saturated rings. The minimum Gasteiger partial charge on any atom is -0.339 e. The summed E-state index contributed by atoms with van der Waals surface area (Å²) in [5, 5.41) is 3.35. The third-order valence-electron chi connectivity index (χ3n) is 4.68. The molecular weight excluding hydrogens is 244 g/mol. The molecular formula is C14H24N2OS. The molecule has 0 radical (unpaired) electrons. The molecule has 18 heavy (non-hydrogen) atoms. The van der Waals surface area contributed by atoms with Crippen LogP contribution in [-0.2, 0) is 4.79 Å². The second-order valence-electron chi connectivity index (χ2n) is 6.00. The lowest BCUT2D eigenvalue weighted by molar-refractivity contribution is -0.133. The van der Waals surface area contributed by atoms with Gasteiger partial charge in [0.05, 0.1) is 6.04 Å². The summed E-state index contributed by atoms with van der Waals surface area (Å²) in [6.45, 7) is 2.99. The van der Waals surface area contributed by atoms with E-state index in [1.54, 1.807) is 0 Å². The van der Waals surface area contributed by atoms with E-state index in [0.29, 0.717) is 10.7 Å². The summed E-state index contributed by atoms with van der Waals surface area (Å²) in [7, 11) is 0. The predicted octanol–water partition coefficient (Wildman–Crippen LogP) is 2.02. The first-order chi connectivity index (χ1) is 8.79.